The van der Waals surface area contributed by atoms with Crippen molar-refractivity contribution >= 4 is 0 Å². The van der Waals surface area contributed by atoms with Crippen LogP contribution in [0.1, 0.15) is 17.0 Å². The van der Waals surface area contributed by atoms with Gasteiger partial charge in [-0.1, -0.05) is 24.3 Å². The summed E-state index contributed by atoms with van der Waals surface area (Å²) in [5, 5.41) is 16.8. The number of hydrogen-bond acceptors (Lipinski definition) is 5. The average molecular weight is 362 g/mol. The van der Waals surface area contributed by atoms with Crippen molar-refractivity contribution in [3.8, 4) is 29.0 Å². The van der Waals surface area contributed by atoms with Crippen LogP contribution in [0.15, 0.2) is 60.0 Å². The van der Waals surface area contributed by atoms with E-state index in [0.717, 1.165) is 5.56 Å². The number of halogens is 1. The molecule has 1 aliphatic heterocycles. The second-order valence-corrected chi connectivity index (χ2v) is 6.03. The first kappa shape index (κ1) is 16.7. The van der Waals surface area contributed by atoms with Crippen molar-refractivity contribution in [2.75, 3.05) is 7.11 Å². The van der Waals surface area contributed by atoms with Crippen LogP contribution in [0.25, 0.3) is 11.3 Å². The van der Waals surface area contributed by atoms with Crippen LogP contribution < -0.4 is 15.2 Å². The first-order valence-electron chi connectivity index (χ1n) is 8.18. The van der Waals surface area contributed by atoms with Gasteiger partial charge in [-0.2, -0.15) is 5.26 Å². The predicted octanol–water partition coefficient (Wildman–Crippen LogP) is 3.44. The molecule has 0 unspecified atom stereocenters. The molecule has 0 fully saturated rings. The molecular formula is C20H15FN4O2. The number of hydrogen-bond donors (Lipinski definition) is 2. The fourth-order valence-electron chi connectivity index (χ4n) is 3.26. The first-order chi connectivity index (χ1) is 13.1. The molecule has 2 heterocycles. The first-order valence-corrected chi connectivity index (χ1v) is 8.18. The normalized spacial score (nSPS) is 15.7. The van der Waals surface area contributed by atoms with Crippen LogP contribution in [0.2, 0.25) is 0 Å². The van der Waals surface area contributed by atoms with Gasteiger partial charge in [0.15, 0.2) is 0 Å². The molecule has 134 valence electrons. The second kappa shape index (κ2) is 6.50. The summed E-state index contributed by atoms with van der Waals surface area (Å²) in [6, 6.07) is 15.6. The lowest BCUT2D eigenvalue weighted by Crippen LogP contribution is -2.21. The lowest BCUT2D eigenvalue weighted by molar-refractivity contribution is 0.379. The maximum atomic E-state index is 13.9. The number of rotatable bonds is 3. The monoisotopic (exact) mass is 362 g/mol. The molecule has 0 radical (unpaired) electrons. The number of aromatic amines is 1. The third kappa shape index (κ3) is 2.77. The van der Waals surface area contributed by atoms with Crippen LogP contribution in [-0.2, 0) is 0 Å². The SMILES string of the molecule is COc1cccc(-c2[nH]nc3c2[C@H](c2cccc(F)c2)C(C#N)=C(N)O3)c1. The Bertz CT molecular complexity index is 1100. The topological polar surface area (TPSA) is 97.0 Å². The Morgan fingerprint density at radius 1 is 1.26 bits per heavy atom. The number of nitrogens with two attached hydrogens (primary N) is 1. The summed E-state index contributed by atoms with van der Waals surface area (Å²) in [4.78, 5) is 0. The van der Waals surface area contributed by atoms with Crippen molar-refractivity contribution in [3.63, 3.8) is 0 Å². The molecular weight excluding hydrogens is 347 g/mol. The van der Waals surface area contributed by atoms with Gasteiger partial charge < -0.3 is 15.2 Å². The molecule has 0 spiro atoms. The summed E-state index contributed by atoms with van der Waals surface area (Å²) >= 11 is 0. The molecule has 3 aromatic rings. The van der Waals surface area contributed by atoms with Crippen LogP contribution in [0.3, 0.4) is 0 Å². The maximum Gasteiger partial charge on any atom is 0.244 e. The Hall–Kier alpha value is -3.79. The Morgan fingerprint density at radius 2 is 2.07 bits per heavy atom. The van der Waals surface area contributed by atoms with E-state index in [4.69, 9.17) is 15.2 Å². The predicted molar refractivity (Wildman–Crippen MR) is 96.3 cm³/mol. The van der Waals surface area contributed by atoms with Crippen molar-refractivity contribution in [2.45, 2.75) is 5.92 Å². The van der Waals surface area contributed by atoms with Crippen molar-refractivity contribution in [3.05, 3.63) is 76.9 Å². The van der Waals surface area contributed by atoms with Crippen LogP contribution >= 0.6 is 0 Å². The quantitative estimate of drug-likeness (QED) is 0.744. The molecule has 0 saturated heterocycles. The van der Waals surface area contributed by atoms with E-state index in [1.807, 2.05) is 24.3 Å². The largest absolute Gasteiger partial charge is 0.497 e. The third-order valence-electron chi connectivity index (χ3n) is 4.48. The number of fused-ring (bicyclic) bond motifs is 1. The molecule has 2 aromatic carbocycles. The van der Waals surface area contributed by atoms with Crippen molar-refractivity contribution in [2.24, 2.45) is 5.73 Å². The highest BCUT2D eigenvalue weighted by Gasteiger charge is 2.35. The van der Waals surface area contributed by atoms with E-state index >= 15 is 0 Å². The van der Waals surface area contributed by atoms with Gasteiger partial charge in [0.1, 0.15) is 23.2 Å². The fourth-order valence-corrected chi connectivity index (χ4v) is 3.26. The fraction of sp³-hybridized carbons (Fsp3) is 0.100. The highest BCUT2D eigenvalue weighted by molar-refractivity contribution is 5.71. The van der Waals surface area contributed by atoms with E-state index in [-0.39, 0.29) is 17.3 Å². The Balaban J connectivity index is 1.95. The average Bonchev–Trinajstić information content (AvgIpc) is 3.10. The standard InChI is InChI=1S/C20H15FN4O2/c1-26-14-7-3-5-12(9-14)18-17-16(11-4-2-6-13(21)8-11)15(10-22)19(23)27-20(17)25-24-18/h2-9,16H,23H2,1H3,(H,24,25)/t16-/m1/s1. The molecule has 3 N–H and O–H groups in total. The number of allylic oxidation sites excluding steroid dienone is 1. The van der Waals surface area contributed by atoms with Gasteiger partial charge in [0.05, 0.1) is 24.3 Å². The van der Waals surface area contributed by atoms with Crippen LogP contribution in [0, 0.1) is 17.1 Å². The summed E-state index contributed by atoms with van der Waals surface area (Å²) < 4.78 is 24.7. The smallest absolute Gasteiger partial charge is 0.244 e. The number of methoxy groups -OCH3 is 1. The van der Waals surface area contributed by atoms with Crippen molar-refractivity contribution in [1.82, 2.24) is 10.2 Å². The van der Waals surface area contributed by atoms with Gasteiger partial charge in [-0.05, 0) is 29.8 Å². The Morgan fingerprint density at radius 3 is 2.81 bits per heavy atom. The van der Waals surface area contributed by atoms with Crippen LogP contribution in [-0.4, -0.2) is 17.3 Å². The van der Waals surface area contributed by atoms with Gasteiger partial charge in [-0.15, -0.1) is 5.10 Å². The molecule has 1 aromatic heterocycles. The number of benzene rings is 2. The minimum atomic E-state index is -0.602. The molecule has 6 nitrogen and oxygen atoms in total. The Labute approximate surface area is 154 Å². The summed E-state index contributed by atoms with van der Waals surface area (Å²) in [5.74, 6) is -0.107. The number of aromatic nitrogens is 2. The number of ether oxygens (including phenoxy) is 2. The van der Waals surface area contributed by atoms with E-state index in [1.54, 1.807) is 19.2 Å². The minimum Gasteiger partial charge on any atom is -0.497 e. The molecule has 0 saturated carbocycles. The summed E-state index contributed by atoms with van der Waals surface area (Å²) in [6.07, 6.45) is 0. The van der Waals surface area contributed by atoms with Crippen molar-refractivity contribution in [1.29, 1.82) is 5.26 Å². The second-order valence-electron chi connectivity index (χ2n) is 6.03. The molecule has 0 bridgehead atoms. The van der Waals surface area contributed by atoms with Crippen LogP contribution in [0.5, 0.6) is 11.6 Å². The summed E-state index contributed by atoms with van der Waals surface area (Å²) in [5.41, 5.74) is 8.80. The van der Waals surface area contributed by atoms with Gasteiger partial charge in [0.25, 0.3) is 0 Å². The number of H-pyrrole nitrogens is 1. The van der Waals surface area contributed by atoms with Crippen LogP contribution in [0.4, 0.5) is 4.39 Å². The van der Waals surface area contributed by atoms with E-state index in [2.05, 4.69) is 16.3 Å². The molecule has 7 heteroatoms. The van der Waals surface area contributed by atoms with E-state index in [0.29, 0.717) is 22.6 Å². The number of nitriles is 1. The highest BCUT2D eigenvalue weighted by Crippen LogP contribution is 2.45. The van der Waals surface area contributed by atoms with Gasteiger partial charge in [0, 0.05) is 5.56 Å². The molecule has 1 aliphatic rings. The minimum absolute atomic E-state index is 0.0389. The van der Waals surface area contributed by atoms with Gasteiger partial charge in [-0.3, -0.25) is 5.10 Å². The number of nitrogens with zero attached hydrogens (tertiary/aromatic N) is 2. The Kier molecular flexibility index (Phi) is 4.01. The molecule has 0 amide bonds. The zero-order valence-electron chi connectivity index (χ0n) is 14.4. The molecule has 4 rings (SSSR count). The van der Waals surface area contributed by atoms with Gasteiger partial charge >= 0.3 is 0 Å². The van der Waals surface area contributed by atoms with E-state index < -0.39 is 11.7 Å². The summed E-state index contributed by atoms with van der Waals surface area (Å²) in [7, 11) is 1.58. The van der Waals surface area contributed by atoms with Gasteiger partial charge in [0.2, 0.25) is 11.8 Å². The zero-order chi connectivity index (χ0) is 19.0. The van der Waals surface area contributed by atoms with E-state index in [1.165, 1.54) is 12.1 Å². The maximum absolute atomic E-state index is 13.9. The molecule has 27 heavy (non-hydrogen) atoms. The van der Waals surface area contributed by atoms with Gasteiger partial charge in [-0.25, -0.2) is 4.39 Å². The third-order valence-corrected chi connectivity index (χ3v) is 4.48. The molecule has 1 atom stereocenters. The van der Waals surface area contributed by atoms with E-state index in [9.17, 15) is 9.65 Å². The molecule has 0 aliphatic carbocycles. The highest BCUT2D eigenvalue weighted by atomic mass is 19.1. The number of nitrogens with one attached hydrogen (secondary N) is 1. The summed E-state index contributed by atoms with van der Waals surface area (Å²) in [6.45, 7) is 0. The van der Waals surface area contributed by atoms with Crippen molar-refractivity contribution < 1.29 is 13.9 Å². The lowest BCUT2D eigenvalue weighted by atomic mass is 9.83. The lowest BCUT2D eigenvalue weighted by Gasteiger charge is -2.24. The zero-order valence-corrected chi connectivity index (χ0v) is 14.4.